The highest BCUT2D eigenvalue weighted by atomic mass is 32.2. The van der Waals surface area contributed by atoms with Gasteiger partial charge in [0.15, 0.2) is 4.34 Å². The monoisotopic (exact) mass is 281 g/mol. The van der Waals surface area contributed by atoms with Crippen molar-refractivity contribution in [3.05, 3.63) is 48.3 Å². The van der Waals surface area contributed by atoms with E-state index in [-0.39, 0.29) is 5.82 Å². The second-order valence-electron chi connectivity index (χ2n) is 3.42. The van der Waals surface area contributed by atoms with Gasteiger partial charge in [-0.05, 0) is 11.6 Å². The molecule has 0 saturated heterocycles. The van der Waals surface area contributed by atoms with E-state index in [0.717, 1.165) is 9.47 Å². The fourth-order valence-corrected chi connectivity index (χ4v) is 3.00. The smallest absolute Gasteiger partial charge is 0.206 e. The minimum atomic E-state index is -0.181. The Morgan fingerprint density at radius 3 is 3.00 bits per heavy atom. The minimum Gasteiger partial charge on any atom is -0.357 e. The van der Waals surface area contributed by atoms with Gasteiger partial charge >= 0.3 is 0 Å². The number of hydrogen-bond donors (Lipinski definition) is 1. The van der Waals surface area contributed by atoms with Crippen LogP contribution in [0.3, 0.4) is 0 Å². The van der Waals surface area contributed by atoms with Gasteiger partial charge in [0, 0.05) is 12.3 Å². The van der Waals surface area contributed by atoms with E-state index in [0.29, 0.717) is 17.9 Å². The highest BCUT2D eigenvalue weighted by Gasteiger charge is 2.06. The lowest BCUT2D eigenvalue weighted by Crippen LogP contribution is -1.96. The van der Waals surface area contributed by atoms with Crippen LogP contribution in [0.1, 0.15) is 5.56 Å². The minimum absolute atomic E-state index is 0.181. The average Bonchev–Trinajstić information content (AvgIpc) is 2.83. The molecule has 94 valence electrons. The largest absolute Gasteiger partial charge is 0.357 e. The lowest BCUT2D eigenvalue weighted by atomic mass is 10.2. The Morgan fingerprint density at radius 1 is 1.39 bits per heavy atom. The normalized spacial score (nSPS) is 10.3. The highest BCUT2D eigenvalue weighted by molar-refractivity contribution is 8.00. The fourth-order valence-electron chi connectivity index (χ4n) is 1.25. The summed E-state index contributed by atoms with van der Waals surface area (Å²) < 4.78 is 14.2. The number of nitrogens with one attached hydrogen (secondary N) is 1. The highest BCUT2D eigenvalue weighted by Crippen LogP contribution is 2.28. The van der Waals surface area contributed by atoms with Gasteiger partial charge in [0.2, 0.25) is 5.13 Å². The molecule has 0 spiro atoms. The van der Waals surface area contributed by atoms with Crippen LogP contribution in [0.4, 0.5) is 9.52 Å². The number of hydrogen-bond acceptors (Lipinski definition) is 5. The molecule has 1 aromatic heterocycles. The summed E-state index contributed by atoms with van der Waals surface area (Å²) in [5.74, 6) is 0.377. The van der Waals surface area contributed by atoms with Crippen molar-refractivity contribution in [1.82, 2.24) is 10.2 Å². The van der Waals surface area contributed by atoms with Crippen LogP contribution in [0, 0.1) is 5.82 Å². The van der Waals surface area contributed by atoms with Crippen molar-refractivity contribution in [3.63, 3.8) is 0 Å². The molecule has 0 bridgehead atoms. The van der Waals surface area contributed by atoms with E-state index in [1.54, 1.807) is 18.2 Å². The Balaban J connectivity index is 1.92. The van der Waals surface area contributed by atoms with Gasteiger partial charge in [-0.3, -0.25) is 0 Å². The summed E-state index contributed by atoms with van der Waals surface area (Å²) in [5, 5.41) is 11.8. The molecular weight excluding hydrogens is 269 g/mol. The van der Waals surface area contributed by atoms with Crippen LogP contribution in [0.5, 0.6) is 0 Å². The Kier molecular flexibility index (Phi) is 4.72. The summed E-state index contributed by atoms with van der Waals surface area (Å²) in [6, 6.07) is 6.76. The van der Waals surface area contributed by atoms with Crippen molar-refractivity contribution in [3.8, 4) is 0 Å². The Bertz CT molecular complexity index is 528. The summed E-state index contributed by atoms with van der Waals surface area (Å²) >= 11 is 2.94. The van der Waals surface area contributed by atoms with Crippen LogP contribution in [0.25, 0.3) is 0 Å². The number of anilines is 1. The number of rotatable bonds is 6. The van der Waals surface area contributed by atoms with E-state index < -0.39 is 0 Å². The first-order valence-corrected chi connectivity index (χ1v) is 7.14. The van der Waals surface area contributed by atoms with Gasteiger partial charge in [0.05, 0.1) is 0 Å². The summed E-state index contributed by atoms with van der Waals surface area (Å²) in [7, 11) is 0. The molecule has 0 atom stereocenters. The molecule has 0 fully saturated rings. The van der Waals surface area contributed by atoms with E-state index in [9.17, 15) is 4.39 Å². The van der Waals surface area contributed by atoms with Crippen molar-refractivity contribution >= 4 is 28.2 Å². The van der Waals surface area contributed by atoms with E-state index in [2.05, 4.69) is 22.1 Å². The predicted octanol–water partition coefficient (Wildman–Crippen LogP) is 3.57. The van der Waals surface area contributed by atoms with Gasteiger partial charge < -0.3 is 5.32 Å². The van der Waals surface area contributed by atoms with E-state index in [1.165, 1.54) is 29.2 Å². The zero-order chi connectivity index (χ0) is 12.8. The van der Waals surface area contributed by atoms with E-state index in [4.69, 9.17) is 0 Å². The van der Waals surface area contributed by atoms with Crippen LogP contribution >= 0.6 is 23.1 Å². The van der Waals surface area contributed by atoms with Gasteiger partial charge in [-0.2, -0.15) is 0 Å². The van der Waals surface area contributed by atoms with Crippen LogP contribution < -0.4 is 5.32 Å². The second-order valence-corrected chi connectivity index (χ2v) is 5.62. The molecule has 1 N–H and O–H groups in total. The van der Waals surface area contributed by atoms with Crippen LogP contribution in [0.2, 0.25) is 0 Å². The van der Waals surface area contributed by atoms with Gasteiger partial charge in [-0.1, -0.05) is 47.4 Å². The molecule has 0 aliphatic carbocycles. The van der Waals surface area contributed by atoms with Gasteiger partial charge in [0.25, 0.3) is 0 Å². The van der Waals surface area contributed by atoms with Gasteiger partial charge in [0.1, 0.15) is 5.82 Å². The summed E-state index contributed by atoms with van der Waals surface area (Å²) in [4.78, 5) is 0. The van der Waals surface area contributed by atoms with E-state index in [1.807, 2.05) is 6.07 Å². The third-order valence-corrected chi connectivity index (χ3v) is 4.18. The van der Waals surface area contributed by atoms with Crippen molar-refractivity contribution < 1.29 is 4.39 Å². The average molecular weight is 281 g/mol. The van der Waals surface area contributed by atoms with Crippen LogP contribution in [0.15, 0.2) is 41.3 Å². The zero-order valence-electron chi connectivity index (χ0n) is 9.60. The molecule has 0 saturated carbocycles. The van der Waals surface area contributed by atoms with Crippen molar-refractivity contribution in [2.45, 2.75) is 10.1 Å². The van der Waals surface area contributed by atoms with Gasteiger partial charge in [-0.15, -0.1) is 16.8 Å². The quantitative estimate of drug-likeness (QED) is 0.649. The van der Waals surface area contributed by atoms with Crippen LogP contribution in [-0.2, 0) is 5.75 Å². The lowest BCUT2D eigenvalue weighted by Gasteiger charge is -1.99. The Hall–Kier alpha value is -1.40. The molecule has 1 aromatic carbocycles. The molecule has 2 rings (SSSR count). The molecule has 0 aliphatic heterocycles. The molecule has 0 aliphatic rings. The summed E-state index contributed by atoms with van der Waals surface area (Å²) in [6.07, 6.45) is 1.76. The lowest BCUT2D eigenvalue weighted by molar-refractivity contribution is 0.617. The summed E-state index contributed by atoms with van der Waals surface area (Å²) in [6.45, 7) is 4.27. The maximum atomic E-state index is 13.4. The third-order valence-electron chi connectivity index (χ3n) is 2.11. The molecular formula is C12H12FN3S2. The molecule has 0 radical (unpaired) electrons. The van der Waals surface area contributed by atoms with Gasteiger partial charge in [-0.25, -0.2) is 4.39 Å². The van der Waals surface area contributed by atoms with E-state index >= 15 is 0 Å². The molecule has 18 heavy (non-hydrogen) atoms. The maximum Gasteiger partial charge on any atom is 0.206 e. The fraction of sp³-hybridized carbons (Fsp3) is 0.167. The molecule has 3 nitrogen and oxygen atoms in total. The number of thioether (sulfide) groups is 1. The number of nitrogens with zero attached hydrogens (tertiary/aromatic N) is 2. The third kappa shape index (κ3) is 3.54. The van der Waals surface area contributed by atoms with Crippen molar-refractivity contribution in [1.29, 1.82) is 0 Å². The van der Waals surface area contributed by atoms with Crippen molar-refractivity contribution in [2.24, 2.45) is 0 Å². The predicted molar refractivity (Wildman–Crippen MR) is 74.6 cm³/mol. The molecule has 0 amide bonds. The molecule has 0 unspecified atom stereocenters. The topological polar surface area (TPSA) is 37.8 Å². The first-order chi connectivity index (χ1) is 8.79. The standard InChI is InChI=1S/C12H12FN3S2/c1-2-7-14-11-15-16-12(18-11)17-8-9-5-3-4-6-10(9)13/h2-6H,1,7-8H2,(H,14,15). The first-order valence-electron chi connectivity index (χ1n) is 5.34. The summed E-state index contributed by atoms with van der Waals surface area (Å²) in [5.41, 5.74) is 0.679. The first kappa shape index (κ1) is 13.0. The molecule has 1 heterocycles. The maximum absolute atomic E-state index is 13.4. The number of aromatic nitrogens is 2. The number of halogens is 1. The Labute approximate surface area is 113 Å². The van der Waals surface area contributed by atoms with Crippen LogP contribution in [-0.4, -0.2) is 16.7 Å². The second kappa shape index (κ2) is 6.51. The zero-order valence-corrected chi connectivity index (χ0v) is 11.2. The number of benzene rings is 1. The molecule has 2 aromatic rings. The SMILES string of the molecule is C=CCNc1nnc(SCc2ccccc2F)s1. The van der Waals surface area contributed by atoms with Crippen molar-refractivity contribution in [2.75, 3.05) is 11.9 Å². The molecule has 6 heteroatoms. The Morgan fingerprint density at radius 2 is 2.22 bits per heavy atom.